The number of benzene rings is 1. The van der Waals surface area contributed by atoms with E-state index in [-0.39, 0.29) is 12.2 Å². The average molecular weight is 351 g/mol. The highest BCUT2D eigenvalue weighted by molar-refractivity contribution is 5.97. The molecule has 0 radical (unpaired) electrons. The summed E-state index contributed by atoms with van der Waals surface area (Å²) in [5.74, 6) is -1.46. The molecule has 0 spiro atoms. The van der Waals surface area contributed by atoms with Gasteiger partial charge in [0.1, 0.15) is 0 Å². The zero-order valence-corrected chi connectivity index (χ0v) is 14.1. The number of anilines is 1. The van der Waals surface area contributed by atoms with Crippen molar-refractivity contribution in [3.63, 3.8) is 0 Å². The standard InChI is InChI=1S/C16H21N3O6/c1-3-9-17-15(22)19-13(20)10-25-14(21)11-5-7-12(8-6-11)18-16(23)24-4-2/h5-8H,3-4,9-10H2,1-2H3,(H,18,23)(H2,17,19,20,22). The summed E-state index contributed by atoms with van der Waals surface area (Å²) in [4.78, 5) is 45.8. The van der Waals surface area contributed by atoms with Crippen LogP contribution >= 0.6 is 0 Å². The van der Waals surface area contributed by atoms with Crippen LogP contribution in [0.4, 0.5) is 15.3 Å². The Hall–Kier alpha value is -3.10. The fraction of sp³-hybridized carbons (Fsp3) is 0.375. The third kappa shape index (κ3) is 7.82. The number of nitrogens with one attached hydrogen (secondary N) is 3. The summed E-state index contributed by atoms with van der Waals surface area (Å²) < 4.78 is 9.54. The third-order valence-electron chi connectivity index (χ3n) is 2.77. The van der Waals surface area contributed by atoms with Crippen LogP contribution in [-0.2, 0) is 14.3 Å². The second-order valence-corrected chi connectivity index (χ2v) is 4.80. The minimum atomic E-state index is -0.734. The lowest BCUT2D eigenvalue weighted by Crippen LogP contribution is -2.41. The molecule has 0 saturated heterocycles. The number of rotatable bonds is 7. The third-order valence-corrected chi connectivity index (χ3v) is 2.77. The van der Waals surface area contributed by atoms with Gasteiger partial charge < -0.3 is 14.8 Å². The van der Waals surface area contributed by atoms with Crippen molar-refractivity contribution in [3.05, 3.63) is 29.8 Å². The summed E-state index contributed by atoms with van der Waals surface area (Å²) >= 11 is 0. The highest BCUT2D eigenvalue weighted by Crippen LogP contribution is 2.11. The molecule has 0 saturated carbocycles. The van der Waals surface area contributed by atoms with E-state index in [0.29, 0.717) is 12.2 Å². The molecule has 0 heterocycles. The number of imide groups is 1. The Morgan fingerprint density at radius 2 is 1.68 bits per heavy atom. The molecule has 1 aromatic carbocycles. The first-order valence-electron chi connectivity index (χ1n) is 7.74. The van der Waals surface area contributed by atoms with E-state index in [1.807, 2.05) is 12.2 Å². The lowest BCUT2D eigenvalue weighted by atomic mass is 10.2. The fourth-order valence-corrected chi connectivity index (χ4v) is 1.63. The zero-order chi connectivity index (χ0) is 18.7. The van der Waals surface area contributed by atoms with Gasteiger partial charge in [0.05, 0.1) is 12.2 Å². The van der Waals surface area contributed by atoms with Gasteiger partial charge in [-0.1, -0.05) is 6.92 Å². The fourth-order valence-electron chi connectivity index (χ4n) is 1.63. The molecule has 0 aromatic heterocycles. The zero-order valence-electron chi connectivity index (χ0n) is 14.1. The predicted molar refractivity (Wildman–Crippen MR) is 89.2 cm³/mol. The second kappa shape index (κ2) is 10.6. The number of urea groups is 1. The number of carbonyl (C=O) groups excluding carboxylic acids is 4. The average Bonchev–Trinajstić information content (AvgIpc) is 2.58. The van der Waals surface area contributed by atoms with Gasteiger partial charge in [0, 0.05) is 12.2 Å². The molecular formula is C16H21N3O6. The highest BCUT2D eigenvalue weighted by atomic mass is 16.5. The second-order valence-electron chi connectivity index (χ2n) is 4.80. The van der Waals surface area contributed by atoms with Crippen LogP contribution in [0.15, 0.2) is 24.3 Å². The van der Waals surface area contributed by atoms with Crippen molar-refractivity contribution in [2.75, 3.05) is 25.1 Å². The van der Waals surface area contributed by atoms with Gasteiger partial charge >= 0.3 is 18.1 Å². The van der Waals surface area contributed by atoms with E-state index in [9.17, 15) is 19.2 Å². The molecule has 9 heteroatoms. The molecule has 3 N–H and O–H groups in total. The molecule has 9 nitrogen and oxygen atoms in total. The molecule has 1 rings (SSSR count). The topological polar surface area (TPSA) is 123 Å². The van der Waals surface area contributed by atoms with Gasteiger partial charge in [0.25, 0.3) is 5.91 Å². The van der Waals surface area contributed by atoms with Gasteiger partial charge in [-0.15, -0.1) is 0 Å². The summed E-state index contributed by atoms with van der Waals surface area (Å²) in [6.45, 7) is 3.65. The predicted octanol–water partition coefficient (Wildman–Crippen LogP) is 1.65. The molecule has 0 fully saturated rings. The molecule has 25 heavy (non-hydrogen) atoms. The first-order chi connectivity index (χ1) is 12.0. The first-order valence-corrected chi connectivity index (χ1v) is 7.74. The van der Waals surface area contributed by atoms with Gasteiger partial charge in [0.15, 0.2) is 6.61 Å². The van der Waals surface area contributed by atoms with E-state index in [1.54, 1.807) is 6.92 Å². The molecular weight excluding hydrogens is 330 g/mol. The number of esters is 1. The lowest BCUT2D eigenvalue weighted by Gasteiger charge is -2.08. The monoisotopic (exact) mass is 351 g/mol. The Bertz CT molecular complexity index is 615. The van der Waals surface area contributed by atoms with Crippen LogP contribution in [0.2, 0.25) is 0 Å². The summed E-state index contributed by atoms with van der Waals surface area (Å²) in [6, 6.07) is 5.19. The Labute approximate surface area is 145 Å². The summed E-state index contributed by atoms with van der Waals surface area (Å²) in [5.41, 5.74) is 0.637. The number of carbonyl (C=O) groups is 4. The van der Waals surface area contributed by atoms with Gasteiger partial charge in [-0.2, -0.15) is 0 Å². The van der Waals surface area contributed by atoms with Crippen LogP contribution in [0.5, 0.6) is 0 Å². The van der Waals surface area contributed by atoms with Crippen molar-refractivity contribution in [2.24, 2.45) is 0 Å². The Kier molecular flexibility index (Phi) is 8.48. The van der Waals surface area contributed by atoms with Crippen molar-refractivity contribution in [3.8, 4) is 0 Å². The molecule has 4 amide bonds. The quantitative estimate of drug-likeness (QED) is 0.642. The van der Waals surface area contributed by atoms with Gasteiger partial charge in [-0.05, 0) is 37.6 Å². The van der Waals surface area contributed by atoms with Gasteiger partial charge in [0.2, 0.25) is 0 Å². The Morgan fingerprint density at radius 1 is 1.00 bits per heavy atom. The van der Waals surface area contributed by atoms with Crippen LogP contribution in [0.25, 0.3) is 0 Å². The Morgan fingerprint density at radius 3 is 2.28 bits per heavy atom. The van der Waals surface area contributed by atoms with Gasteiger partial charge in [-0.3, -0.25) is 15.4 Å². The van der Waals surface area contributed by atoms with Crippen LogP contribution in [0, 0.1) is 0 Å². The summed E-state index contributed by atoms with van der Waals surface area (Å²) in [7, 11) is 0. The van der Waals surface area contributed by atoms with Crippen LogP contribution in [0.3, 0.4) is 0 Å². The van der Waals surface area contributed by atoms with Crippen molar-refractivity contribution < 1.29 is 28.7 Å². The van der Waals surface area contributed by atoms with Crippen LogP contribution < -0.4 is 16.0 Å². The van der Waals surface area contributed by atoms with Crippen molar-refractivity contribution >= 4 is 29.7 Å². The van der Waals surface area contributed by atoms with Gasteiger partial charge in [-0.25, -0.2) is 14.4 Å². The molecule has 0 unspecified atom stereocenters. The summed E-state index contributed by atoms with van der Waals surface area (Å²) in [5, 5.41) is 6.97. The Balaban J connectivity index is 2.43. The number of hydrogen-bond acceptors (Lipinski definition) is 6. The van der Waals surface area contributed by atoms with Crippen molar-refractivity contribution in [1.29, 1.82) is 0 Å². The number of amides is 4. The van der Waals surface area contributed by atoms with Crippen molar-refractivity contribution in [2.45, 2.75) is 20.3 Å². The maximum Gasteiger partial charge on any atom is 0.411 e. The summed E-state index contributed by atoms with van der Waals surface area (Å²) in [6.07, 6.45) is 0.133. The molecule has 0 aliphatic rings. The number of hydrogen-bond donors (Lipinski definition) is 3. The first kappa shape index (κ1) is 19.9. The maximum atomic E-state index is 11.8. The van der Waals surface area contributed by atoms with E-state index in [2.05, 4.69) is 10.6 Å². The smallest absolute Gasteiger partial charge is 0.411 e. The minimum absolute atomic E-state index is 0.192. The molecule has 0 aliphatic carbocycles. The SMILES string of the molecule is CCCNC(=O)NC(=O)COC(=O)c1ccc(NC(=O)OCC)cc1. The molecule has 136 valence electrons. The van der Waals surface area contributed by atoms with E-state index in [4.69, 9.17) is 9.47 Å². The van der Waals surface area contributed by atoms with E-state index in [1.165, 1.54) is 24.3 Å². The molecule has 0 bridgehead atoms. The normalized spacial score (nSPS) is 9.68. The maximum absolute atomic E-state index is 11.8. The highest BCUT2D eigenvalue weighted by Gasteiger charge is 2.12. The van der Waals surface area contributed by atoms with E-state index in [0.717, 1.165) is 6.42 Å². The molecule has 1 aromatic rings. The largest absolute Gasteiger partial charge is 0.452 e. The van der Waals surface area contributed by atoms with Crippen LogP contribution in [0.1, 0.15) is 30.6 Å². The van der Waals surface area contributed by atoms with E-state index < -0.39 is 30.6 Å². The minimum Gasteiger partial charge on any atom is -0.452 e. The molecule has 0 atom stereocenters. The van der Waals surface area contributed by atoms with E-state index >= 15 is 0 Å². The van der Waals surface area contributed by atoms with Crippen LogP contribution in [-0.4, -0.2) is 43.8 Å². The number of ether oxygens (including phenoxy) is 2. The molecule has 0 aliphatic heterocycles. The lowest BCUT2D eigenvalue weighted by molar-refractivity contribution is -0.123. The van der Waals surface area contributed by atoms with Crippen molar-refractivity contribution in [1.82, 2.24) is 10.6 Å².